The molecule has 0 radical (unpaired) electrons. The average molecular weight is 152 g/mol. The first kappa shape index (κ1) is 7.53. The summed E-state index contributed by atoms with van der Waals surface area (Å²) in [7, 11) is 0. The number of ether oxygens (including phenoxy) is 1. The minimum Gasteiger partial charge on any atom is -0.463 e. The van der Waals surface area contributed by atoms with E-state index in [1.165, 1.54) is 0 Å². The van der Waals surface area contributed by atoms with Crippen LogP contribution in [0.25, 0.3) is 0 Å². The van der Waals surface area contributed by atoms with Gasteiger partial charge in [-0.3, -0.25) is 4.79 Å². The van der Waals surface area contributed by atoms with Crippen molar-refractivity contribution in [3.05, 3.63) is 23.9 Å². The number of hydrogen-bond acceptors (Lipinski definition) is 4. The van der Waals surface area contributed by atoms with Crippen LogP contribution in [0.2, 0.25) is 0 Å². The predicted octanol–water partition coefficient (Wildman–Crippen LogP) is 0.337. The lowest BCUT2D eigenvalue weighted by Gasteiger charge is -1.97. The molecule has 4 heteroatoms. The maximum absolute atomic E-state index is 9.78. The molecule has 58 valence electrons. The lowest BCUT2D eigenvalue weighted by Crippen LogP contribution is -1.93. The Bertz CT molecular complexity index is 233. The summed E-state index contributed by atoms with van der Waals surface area (Å²) in [5.74, 6) is 0.458. The van der Waals surface area contributed by atoms with E-state index >= 15 is 0 Å². The van der Waals surface area contributed by atoms with Gasteiger partial charge in [0.15, 0.2) is 0 Å². The van der Waals surface area contributed by atoms with Crippen molar-refractivity contribution in [1.29, 1.82) is 0 Å². The van der Waals surface area contributed by atoms with Gasteiger partial charge >= 0.3 is 0 Å². The standard InChI is InChI=1S/C7H8N2O2/c8-7-2-1-6(3-9-7)4-11-5-10/h1-3,5H,4H2,(H2,8,9). The van der Waals surface area contributed by atoms with E-state index < -0.39 is 0 Å². The lowest BCUT2D eigenvalue weighted by molar-refractivity contribution is -0.129. The summed E-state index contributed by atoms with van der Waals surface area (Å²) in [6.45, 7) is 0.646. The number of carbonyl (C=O) groups excluding carboxylic acids is 1. The van der Waals surface area contributed by atoms with Crippen LogP contribution in [0.3, 0.4) is 0 Å². The highest BCUT2D eigenvalue weighted by molar-refractivity contribution is 5.37. The molecule has 2 N–H and O–H groups in total. The fourth-order valence-electron chi connectivity index (χ4n) is 0.652. The Labute approximate surface area is 64.0 Å². The lowest BCUT2D eigenvalue weighted by atomic mass is 10.3. The molecule has 1 aromatic rings. The molecule has 0 unspecified atom stereocenters. The first-order valence-electron chi connectivity index (χ1n) is 3.08. The molecule has 0 saturated heterocycles. The van der Waals surface area contributed by atoms with Gasteiger partial charge in [0.05, 0.1) is 0 Å². The van der Waals surface area contributed by atoms with Crippen molar-refractivity contribution in [2.24, 2.45) is 0 Å². The molecule has 1 aromatic heterocycles. The Morgan fingerprint density at radius 1 is 1.64 bits per heavy atom. The molecule has 11 heavy (non-hydrogen) atoms. The van der Waals surface area contributed by atoms with Crippen LogP contribution >= 0.6 is 0 Å². The van der Waals surface area contributed by atoms with Crippen molar-refractivity contribution >= 4 is 12.3 Å². The number of nitrogens with zero attached hydrogens (tertiary/aromatic N) is 1. The molecular weight excluding hydrogens is 144 g/mol. The normalized spacial score (nSPS) is 9.09. The third kappa shape index (κ3) is 2.25. The van der Waals surface area contributed by atoms with Gasteiger partial charge in [-0.2, -0.15) is 0 Å². The number of hydrogen-bond donors (Lipinski definition) is 1. The molecule has 0 aromatic carbocycles. The summed E-state index contributed by atoms with van der Waals surface area (Å²) >= 11 is 0. The van der Waals surface area contributed by atoms with Gasteiger partial charge in [-0.25, -0.2) is 4.98 Å². The van der Waals surface area contributed by atoms with Gasteiger partial charge in [0.25, 0.3) is 6.47 Å². The molecule has 0 bridgehead atoms. The SMILES string of the molecule is Nc1ccc(COC=O)cn1. The summed E-state index contributed by atoms with van der Waals surface area (Å²) in [4.78, 5) is 13.6. The fourth-order valence-corrected chi connectivity index (χ4v) is 0.652. The first-order valence-corrected chi connectivity index (χ1v) is 3.08. The van der Waals surface area contributed by atoms with E-state index in [4.69, 9.17) is 5.73 Å². The third-order valence-electron chi connectivity index (χ3n) is 1.17. The van der Waals surface area contributed by atoms with Gasteiger partial charge in [0.1, 0.15) is 12.4 Å². The number of nitrogens with two attached hydrogens (primary N) is 1. The molecular formula is C7H8N2O2. The van der Waals surface area contributed by atoms with Crippen LogP contribution in [0.4, 0.5) is 5.82 Å². The summed E-state index contributed by atoms with van der Waals surface area (Å²) in [6, 6.07) is 3.41. The Kier molecular flexibility index (Phi) is 2.43. The van der Waals surface area contributed by atoms with Crippen molar-refractivity contribution in [1.82, 2.24) is 4.98 Å². The highest BCUT2D eigenvalue weighted by atomic mass is 16.5. The van der Waals surface area contributed by atoms with Crippen molar-refractivity contribution in [3.8, 4) is 0 Å². The fraction of sp³-hybridized carbons (Fsp3) is 0.143. The zero-order valence-corrected chi connectivity index (χ0v) is 5.86. The number of pyridine rings is 1. The second-order valence-corrected chi connectivity index (χ2v) is 2.00. The number of anilines is 1. The Morgan fingerprint density at radius 3 is 3.00 bits per heavy atom. The number of nitrogen functional groups attached to an aromatic ring is 1. The van der Waals surface area contributed by atoms with Crippen molar-refractivity contribution in [3.63, 3.8) is 0 Å². The largest absolute Gasteiger partial charge is 0.463 e. The average Bonchev–Trinajstić information content (AvgIpc) is 2.04. The van der Waals surface area contributed by atoms with Gasteiger partial charge in [0, 0.05) is 11.8 Å². The van der Waals surface area contributed by atoms with Gasteiger partial charge in [-0.15, -0.1) is 0 Å². The van der Waals surface area contributed by atoms with Gasteiger partial charge in [-0.05, 0) is 6.07 Å². The smallest absolute Gasteiger partial charge is 0.293 e. The van der Waals surface area contributed by atoms with Crippen LogP contribution in [0.1, 0.15) is 5.56 Å². The number of aromatic nitrogens is 1. The van der Waals surface area contributed by atoms with E-state index in [0.29, 0.717) is 12.3 Å². The molecule has 0 fully saturated rings. The molecule has 0 amide bonds. The summed E-state index contributed by atoms with van der Waals surface area (Å²) in [6.07, 6.45) is 1.57. The maximum Gasteiger partial charge on any atom is 0.293 e. The van der Waals surface area contributed by atoms with E-state index in [2.05, 4.69) is 9.72 Å². The number of rotatable bonds is 3. The topological polar surface area (TPSA) is 65.2 Å². The molecule has 0 aliphatic carbocycles. The summed E-state index contributed by atoms with van der Waals surface area (Å²) in [5, 5.41) is 0. The van der Waals surface area contributed by atoms with Crippen molar-refractivity contribution in [2.45, 2.75) is 6.61 Å². The molecule has 0 aliphatic rings. The third-order valence-corrected chi connectivity index (χ3v) is 1.17. The van der Waals surface area contributed by atoms with Crippen LogP contribution < -0.4 is 5.73 Å². The van der Waals surface area contributed by atoms with E-state index in [1.807, 2.05) is 0 Å². The first-order chi connectivity index (χ1) is 5.33. The van der Waals surface area contributed by atoms with Gasteiger partial charge < -0.3 is 10.5 Å². The van der Waals surface area contributed by atoms with E-state index in [-0.39, 0.29) is 6.61 Å². The zero-order chi connectivity index (χ0) is 8.10. The Hall–Kier alpha value is -1.58. The zero-order valence-electron chi connectivity index (χ0n) is 5.86. The Morgan fingerprint density at radius 2 is 2.45 bits per heavy atom. The van der Waals surface area contributed by atoms with Gasteiger partial charge in [-0.1, -0.05) is 6.07 Å². The van der Waals surface area contributed by atoms with Crippen molar-refractivity contribution in [2.75, 3.05) is 5.73 Å². The molecule has 1 rings (SSSR count). The number of carbonyl (C=O) groups is 1. The maximum atomic E-state index is 9.78. The molecule has 1 heterocycles. The predicted molar refractivity (Wildman–Crippen MR) is 39.5 cm³/mol. The van der Waals surface area contributed by atoms with Crippen molar-refractivity contribution < 1.29 is 9.53 Å². The van der Waals surface area contributed by atoms with E-state index in [9.17, 15) is 4.79 Å². The minimum absolute atomic E-state index is 0.247. The van der Waals surface area contributed by atoms with Crippen LogP contribution in [-0.4, -0.2) is 11.5 Å². The molecule has 0 aliphatic heterocycles. The highest BCUT2D eigenvalue weighted by Crippen LogP contribution is 2.01. The second kappa shape index (κ2) is 3.55. The van der Waals surface area contributed by atoms with E-state index in [0.717, 1.165) is 5.56 Å². The molecule has 4 nitrogen and oxygen atoms in total. The monoisotopic (exact) mass is 152 g/mol. The molecule has 0 spiro atoms. The molecule has 0 saturated carbocycles. The second-order valence-electron chi connectivity index (χ2n) is 2.00. The van der Waals surface area contributed by atoms with Crippen LogP contribution in [0, 0.1) is 0 Å². The van der Waals surface area contributed by atoms with Gasteiger partial charge in [0.2, 0.25) is 0 Å². The van der Waals surface area contributed by atoms with E-state index in [1.54, 1.807) is 18.3 Å². The quantitative estimate of drug-likeness (QED) is 0.634. The van der Waals surface area contributed by atoms with Crippen LogP contribution in [-0.2, 0) is 16.1 Å². The Balaban J connectivity index is 2.58. The highest BCUT2D eigenvalue weighted by Gasteiger charge is 1.91. The molecule has 0 atom stereocenters. The summed E-state index contributed by atoms with van der Waals surface area (Å²) in [5.41, 5.74) is 6.16. The van der Waals surface area contributed by atoms with Crippen LogP contribution in [0.5, 0.6) is 0 Å². The minimum atomic E-state index is 0.247. The summed E-state index contributed by atoms with van der Waals surface area (Å²) < 4.78 is 4.50. The van der Waals surface area contributed by atoms with Crippen LogP contribution in [0.15, 0.2) is 18.3 Å².